The first-order chi connectivity index (χ1) is 14.4. The lowest BCUT2D eigenvalue weighted by Crippen LogP contribution is -2.00. The molecule has 0 radical (unpaired) electrons. The molecular formula is C24H17ClN2O3. The van der Waals surface area contributed by atoms with E-state index in [2.05, 4.69) is 21.8 Å². The number of fused-ring (bicyclic) bond motifs is 1. The molecule has 0 aliphatic rings. The third kappa shape index (κ3) is 4.14. The van der Waals surface area contributed by atoms with E-state index < -0.39 is 5.97 Å². The molecule has 3 aromatic carbocycles. The number of carboxylic acids is 1. The van der Waals surface area contributed by atoms with Gasteiger partial charge >= 0.3 is 5.97 Å². The summed E-state index contributed by atoms with van der Waals surface area (Å²) in [4.78, 5) is 18.8. The number of aromatic nitrogens is 2. The number of hydrogen-bond donors (Lipinski definition) is 2. The zero-order valence-corrected chi connectivity index (χ0v) is 17.0. The van der Waals surface area contributed by atoms with Gasteiger partial charge in [0.2, 0.25) is 0 Å². The monoisotopic (exact) mass is 416 g/mol. The Morgan fingerprint density at radius 1 is 1.10 bits per heavy atom. The molecule has 4 rings (SSSR count). The average Bonchev–Trinajstić information content (AvgIpc) is 3.08. The molecule has 0 fully saturated rings. The number of nitrogens with zero attached hydrogens (tertiary/aromatic N) is 1. The lowest BCUT2D eigenvalue weighted by molar-refractivity contribution is 0.0695. The van der Waals surface area contributed by atoms with Gasteiger partial charge in [-0.05, 0) is 61.4 Å². The molecule has 0 amide bonds. The summed E-state index contributed by atoms with van der Waals surface area (Å²) in [6.07, 6.45) is 0. The summed E-state index contributed by atoms with van der Waals surface area (Å²) >= 11 is 6.38. The second kappa shape index (κ2) is 7.94. The standard InChI is InChI=1S/C24H17ClN2O3/c1-14-4-3-5-16(10-14)7-8-17-11-21-22(13-20(17)25)27-24(26-21)30-18-9-6-15(2)19(12-18)23(28)29/h3-6,9-13H,1-2H3,(H,26,27)(H,28,29). The molecule has 6 heteroatoms. The molecule has 1 aromatic heterocycles. The Hall–Kier alpha value is -3.75. The Morgan fingerprint density at radius 3 is 2.70 bits per heavy atom. The van der Waals surface area contributed by atoms with Gasteiger partial charge in [-0.15, -0.1) is 0 Å². The molecule has 0 saturated carbocycles. The number of benzene rings is 3. The van der Waals surface area contributed by atoms with Crippen molar-refractivity contribution in [1.29, 1.82) is 0 Å². The van der Waals surface area contributed by atoms with Gasteiger partial charge in [0.05, 0.1) is 21.6 Å². The van der Waals surface area contributed by atoms with Crippen LogP contribution in [-0.4, -0.2) is 21.0 Å². The quantitative estimate of drug-likeness (QED) is 0.418. The number of aromatic amines is 1. The lowest BCUT2D eigenvalue weighted by Gasteiger charge is -2.05. The molecule has 2 N–H and O–H groups in total. The van der Waals surface area contributed by atoms with Crippen LogP contribution in [0, 0.1) is 25.7 Å². The minimum absolute atomic E-state index is 0.181. The number of imidazole rings is 1. The maximum atomic E-state index is 11.3. The summed E-state index contributed by atoms with van der Waals surface area (Å²) in [6, 6.07) is 16.6. The fourth-order valence-corrected chi connectivity index (χ4v) is 3.23. The molecule has 0 bridgehead atoms. The predicted octanol–water partition coefficient (Wildman–Crippen LogP) is 5.72. The van der Waals surface area contributed by atoms with E-state index in [1.165, 1.54) is 6.07 Å². The van der Waals surface area contributed by atoms with E-state index in [0.717, 1.165) is 11.1 Å². The van der Waals surface area contributed by atoms with E-state index in [-0.39, 0.29) is 11.6 Å². The molecule has 0 spiro atoms. The maximum absolute atomic E-state index is 11.3. The van der Waals surface area contributed by atoms with Crippen LogP contribution < -0.4 is 4.74 Å². The number of rotatable bonds is 3. The van der Waals surface area contributed by atoms with Crippen LogP contribution in [0.4, 0.5) is 0 Å². The highest BCUT2D eigenvalue weighted by molar-refractivity contribution is 6.32. The van der Waals surface area contributed by atoms with Gasteiger partial charge in [0.1, 0.15) is 5.75 Å². The van der Waals surface area contributed by atoms with Gasteiger partial charge in [0.25, 0.3) is 6.01 Å². The van der Waals surface area contributed by atoms with Crippen LogP contribution in [0.2, 0.25) is 5.02 Å². The zero-order valence-electron chi connectivity index (χ0n) is 16.3. The zero-order chi connectivity index (χ0) is 21.3. The molecule has 30 heavy (non-hydrogen) atoms. The van der Waals surface area contributed by atoms with Crippen LogP contribution in [0.25, 0.3) is 11.0 Å². The Kier molecular flexibility index (Phi) is 5.18. The molecule has 0 aliphatic carbocycles. The summed E-state index contributed by atoms with van der Waals surface area (Å²) < 4.78 is 5.72. The topological polar surface area (TPSA) is 75.2 Å². The van der Waals surface area contributed by atoms with Crippen molar-refractivity contribution >= 4 is 28.6 Å². The number of hydrogen-bond acceptors (Lipinski definition) is 3. The van der Waals surface area contributed by atoms with E-state index in [4.69, 9.17) is 16.3 Å². The van der Waals surface area contributed by atoms with Crippen molar-refractivity contribution in [2.45, 2.75) is 13.8 Å². The van der Waals surface area contributed by atoms with Crippen LogP contribution in [0.3, 0.4) is 0 Å². The van der Waals surface area contributed by atoms with Gasteiger partial charge in [0, 0.05) is 11.1 Å². The molecule has 148 valence electrons. The van der Waals surface area contributed by atoms with Gasteiger partial charge in [-0.2, -0.15) is 4.98 Å². The Labute approximate surface area is 178 Å². The molecule has 0 saturated heterocycles. The number of H-pyrrole nitrogens is 1. The number of carbonyl (C=O) groups is 1. The molecule has 0 aliphatic heterocycles. The highest BCUT2D eigenvalue weighted by atomic mass is 35.5. The highest BCUT2D eigenvalue weighted by Gasteiger charge is 2.12. The molecule has 1 heterocycles. The molecular weight excluding hydrogens is 400 g/mol. The van der Waals surface area contributed by atoms with Gasteiger partial charge in [-0.1, -0.05) is 41.6 Å². The lowest BCUT2D eigenvalue weighted by atomic mass is 10.1. The van der Waals surface area contributed by atoms with E-state index in [1.807, 2.05) is 37.3 Å². The van der Waals surface area contributed by atoms with Gasteiger partial charge in [-0.25, -0.2) is 4.79 Å². The smallest absolute Gasteiger partial charge is 0.336 e. The second-order valence-corrected chi connectivity index (χ2v) is 7.30. The summed E-state index contributed by atoms with van der Waals surface area (Å²) in [5.41, 5.74) is 4.90. The SMILES string of the molecule is Cc1cccc(C#Cc2cc3[nH]c(Oc4ccc(C)c(C(=O)O)c4)nc3cc2Cl)c1. The van der Waals surface area contributed by atoms with Crippen molar-refractivity contribution in [1.82, 2.24) is 9.97 Å². The van der Waals surface area contributed by atoms with Crippen LogP contribution in [-0.2, 0) is 0 Å². The fourth-order valence-electron chi connectivity index (χ4n) is 3.02. The summed E-state index contributed by atoms with van der Waals surface area (Å²) in [7, 11) is 0. The summed E-state index contributed by atoms with van der Waals surface area (Å²) in [5, 5.41) is 9.76. The van der Waals surface area contributed by atoms with Crippen LogP contribution >= 0.6 is 11.6 Å². The summed E-state index contributed by atoms with van der Waals surface area (Å²) in [6.45, 7) is 3.75. The summed E-state index contributed by atoms with van der Waals surface area (Å²) in [5.74, 6) is 5.59. The third-order valence-corrected chi connectivity index (χ3v) is 4.88. The van der Waals surface area contributed by atoms with Crippen LogP contribution in [0.5, 0.6) is 11.8 Å². The first-order valence-corrected chi connectivity index (χ1v) is 9.56. The van der Waals surface area contributed by atoms with Crippen LogP contribution in [0.1, 0.15) is 32.6 Å². The Bertz CT molecular complexity index is 1350. The number of ether oxygens (including phenoxy) is 1. The van der Waals surface area contributed by atoms with Crippen molar-refractivity contribution in [3.8, 4) is 23.6 Å². The number of carboxylic acid groups (broad SMARTS) is 1. The molecule has 0 unspecified atom stereocenters. The molecule has 5 nitrogen and oxygen atoms in total. The van der Waals surface area contributed by atoms with E-state index in [0.29, 0.717) is 32.9 Å². The number of aryl methyl sites for hydroxylation is 2. The van der Waals surface area contributed by atoms with Gasteiger partial charge in [-0.3, -0.25) is 0 Å². The Balaban J connectivity index is 1.64. The van der Waals surface area contributed by atoms with Crippen molar-refractivity contribution in [2.24, 2.45) is 0 Å². The third-order valence-electron chi connectivity index (χ3n) is 4.56. The Morgan fingerprint density at radius 2 is 1.93 bits per heavy atom. The van der Waals surface area contributed by atoms with Gasteiger partial charge < -0.3 is 14.8 Å². The first-order valence-electron chi connectivity index (χ1n) is 9.19. The minimum Gasteiger partial charge on any atom is -0.478 e. The van der Waals surface area contributed by atoms with Gasteiger partial charge in [0.15, 0.2) is 0 Å². The van der Waals surface area contributed by atoms with Crippen LogP contribution in [0.15, 0.2) is 54.6 Å². The average molecular weight is 417 g/mol. The maximum Gasteiger partial charge on any atom is 0.336 e. The molecule has 4 aromatic rings. The predicted molar refractivity (Wildman–Crippen MR) is 116 cm³/mol. The number of nitrogens with one attached hydrogen (secondary N) is 1. The largest absolute Gasteiger partial charge is 0.478 e. The fraction of sp³-hybridized carbons (Fsp3) is 0.0833. The first kappa shape index (κ1) is 19.6. The second-order valence-electron chi connectivity index (χ2n) is 6.89. The number of halogens is 1. The number of aromatic carboxylic acids is 1. The van der Waals surface area contributed by atoms with E-state index in [9.17, 15) is 9.90 Å². The highest BCUT2D eigenvalue weighted by Crippen LogP contribution is 2.27. The minimum atomic E-state index is -1.01. The van der Waals surface area contributed by atoms with Crippen molar-refractivity contribution < 1.29 is 14.6 Å². The van der Waals surface area contributed by atoms with Crippen molar-refractivity contribution in [2.75, 3.05) is 0 Å². The normalized spacial score (nSPS) is 10.5. The van der Waals surface area contributed by atoms with E-state index in [1.54, 1.807) is 25.1 Å². The van der Waals surface area contributed by atoms with E-state index >= 15 is 0 Å². The van der Waals surface area contributed by atoms with Crippen molar-refractivity contribution in [3.05, 3.63) is 87.4 Å². The van der Waals surface area contributed by atoms with Crippen molar-refractivity contribution in [3.63, 3.8) is 0 Å². The molecule has 0 atom stereocenters.